The van der Waals surface area contributed by atoms with E-state index < -0.39 is 12.8 Å². The molecule has 0 saturated carbocycles. The Balaban J connectivity index is 2.91. The third kappa shape index (κ3) is 5.28. The van der Waals surface area contributed by atoms with Gasteiger partial charge >= 0.3 is 6.18 Å². The first-order valence-electron chi connectivity index (χ1n) is 5.64. The van der Waals surface area contributed by atoms with Crippen LogP contribution in [-0.4, -0.2) is 26.4 Å². The summed E-state index contributed by atoms with van der Waals surface area (Å²) in [7, 11) is 1.39. The van der Waals surface area contributed by atoms with Crippen LogP contribution in [0.15, 0.2) is 16.6 Å². The SMILES string of the molecule is CCNCc1cc(Br)c(OCC(F)(F)F)c(OC)c1. The van der Waals surface area contributed by atoms with Gasteiger partial charge in [0.25, 0.3) is 0 Å². The monoisotopic (exact) mass is 341 g/mol. The normalized spacial score (nSPS) is 11.5. The van der Waals surface area contributed by atoms with Crippen molar-refractivity contribution in [1.29, 1.82) is 0 Å². The van der Waals surface area contributed by atoms with Crippen molar-refractivity contribution in [1.82, 2.24) is 5.32 Å². The van der Waals surface area contributed by atoms with Crippen molar-refractivity contribution in [3.05, 3.63) is 22.2 Å². The van der Waals surface area contributed by atoms with E-state index in [4.69, 9.17) is 9.47 Å². The van der Waals surface area contributed by atoms with Gasteiger partial charge in [0.15, 0.2) is 18.1 Å². The number of rotatable bonds is 6. The number of benzene rings is 1. The van der Waals surface area contributed by atoms with E-state index in [1.54, 1.807) is 12.1 Å². The molecule has 19 heavy (non-hydrogen) atoms. The van der Waals surface area contributed by atoms with Gasteiger partial charge in [0.05, 0.1) is 11.6 Å². The Labute approximate surface area is 118 Å². The molecule has 1 aromatic carbocycles. The molecule has 3 nitrogen and oxygen atoms in total. The van der Waals surface area contributed by atoms with Crippen LogP contribution in [0.25, 0.3) is 0 Å². The van der Waals surface area contributed by atoms with Crippen molar-refractivity contribution < 1.29 is 22.6 Å². The van der Waals surface area contributed by atoms with Crippen molar-refractivity contribution in [2.45, 2.75) is 19.6 Å². The van der Waals surface area contributed by atoms with Crippen molar-refractivity contribution in [3.8, 4) is 11.5 Å². The number of ether oxygens (including phenoxy) is 2. The zero-order valence-corrected chi connectivity index (χ0v) is 12.2. The minimum atomic E-state index is -4.38. The zero-order chi connectivity index (χ0) is 14.5. The predicted molar refractivity (Wildman–Crippen MR) is 69.6 cm³/mol. The van der Waals surface area contributed by atoms with Crippen molar-refractivity contribution in [2.75, 3.05) is 20.3 Å². The average Bonchev–Trinajstić information content (AvgIpc) is 2.33. The van der Waals surface area contributed by atoms with Crippen molar-refractivity contribution in [2.24, 2.45) is 0 Å². The fourth-order valence-corrected chi connectivity index (χ4v) is 2.04. The van der Waals surface area contributed by atoms with Crippen LogP contribution in [-0.2, 0) is 6.54 Å². The van der Waals surface area contributed by atoms with Gasteiger partial charge in [-0.2, -0.15) is 13.2 Å². The van der Waals surface area contributed by atoms with Gasteiger partial charge in [-0.3, -0.25) is 0 Å². The summed E-state index contributed by atoms with van der Waals surface area (Å²) in [5, 5.41) is 3.12. The maximum atomic E-state index is 12.2. The van der Waals surface area contributed by atoms with Crippen LogP contribution in [0.5, 0.6) is 11.5 Å². The summed E-state index contributed by atoms with van der Waals surface area (Å²) in [6.45, 7) is 2.01. The highest BCUT2D eigenvalue weighted by Crippen LogP contribution is 2.37. The average molecular weight is 342 g/mol. The molecule has 0 unspecified atom stereocenters. The lowest BCUT2D eigenvalue weighted by Crippen LogP contribution is -2.19. The number of nitrogens with one attached hydrogen (secondary N) is 1. The fraction of sp³-hybridized carbons (Fsp3) is 0.500. The largest absolute Gasteiger partial charge is 0.493 e. The Kier molecular flexibility index (Phi) is 5.93. The minimum Gasteiger partial charge on any atom is -0.493 e. The predicted octanol–water partition coefficient (Wildman–Crippen LogP) is 3.51. The second-order valence-corrected chi connectivity index (χ2v) is 4.65. The molecule has 0 saturated heterocycles. The maximum absolute atomic E-state index is 12.2. The highest BCUT2D eigenvalue weighted by Gasteiger charge is 2.29. The lowest BCUT2D eigenvalue weighted by molar-refractivity contribution is -0.153. The molecule has 0 bridgehead atoms. The summed E-state index contributed by atoms with van der Waals surface area (Å²) < 4.78 is 46.8. The standard InChI is InChI=1S/C12H15BrF3NO2/c1-3-17-6-8-4-9(13)11(10(5-8)18-2)19-7-12(14,15)16/h4-5,17H,3,6-7H2,1-2H3. The van der Waals surface area contributed by atoms with Gasteiger partial charge in [-0.1, -0.05) is 6.92 Å². The van der Waals surface area contributed by atoms with Gasteiger partial charge in [0, 0.05) is 6.54 Å². The van der Waals surface area contributed by atoms with Crippen LogP contribution < -0.4 is 14.8 Å². The van der Waals surface area contributed by atoms with E-state index in [-0.39, 0.29) is 11.5 Å². The van der Waals surface area contributed by atoms with Gasteiger partial charge in [-0.05, 0) is 40.2 Å². The van der Waals surface area contributed by atoms with Gasteiger partial charge in [-0.15, -0.1) is 0 Å². The molecule has 0 aliphatic rings. The minimum absolute atomic E-state index is 0.0556. The van der Waals surface area contributed by atoms with Gasteiger partial charge in [-0.25, -0.2) is 0 Å². The third-order valence-electron chi connectivity index (χ3n) is 2.25. The summed E-state index contributed by atoms with van der Waals surface area (Å²) >= 11 is 3.20. The quantitative estimate of drug-likeness (QED) is 0.858. The lowest BCUT2D eigenvalue weighted by Gasteiger charge is -2.15. The molecule has 0 spiro atoms. The first-order valence-corrected chi connectivity index (χ1v) is 6.43. The topological polar surface area (TPSA) is 30.5 Å². The molecule has 7 heteroatoms. The van der Waals surface area contributed by atoms with E-state index in [1.807, 2.05) is 6.92 Å². The van der Waals surface area contributed by atoms with Crippen LogP contribution in [0.4, 0.5) is 13.2 Å². The van der Waals surface area contributed by atoms with Crippen molar-refractivity contribution in [3.63, 3.8) is 0 Å². The Morgan fingerprint density at radius 1 is 1.32 bits per heavy atom. The Morgan fingerprint density at radius 3 is 2.53 bits per heavy atom. The summed E-state index contributed by atoms with van der Waals surface area (Å²) in [4.78, 5) is 0. The first kappa shape index (κ1) is 16.1. The highest BCUT2D eigenvalue weighted by molar-refractivity contribution is 9.10. The number of hydrogen-bond acceptors (Lipinski definition) is 3. The Hall–Kier alpha value is -0.950. The molecule has 108 valence electrons. The summed E-state index contributed by atoms with van der Waals surface area (Å²) in [5.74, 6) is 0.326. The van der Waals surface area contributed by atoms with Crippen LogP contribution >= 0.6 is 15.9 Å². The number of methoxy groups -OCH3 is 1. The van der Waals surface area contributed by atoms with Crippen LogP contribution in [0.3, 0.4) is 0 Å². The van der Waals surface area contributed by atoms with Crippen molar-refractivity contribution >= 4 is 15.9 Å². The fourth-order valence-electron chi connectivity index (χ4n) is 1.44. The molecule has 0 aliphatic carbocycles. The van der Waals surface area contributed by atoms with Gasteiger partial charge in [0.1, 0.15) is 0 Å². The third-order valence-corrected chi connectivity index (χ3v) is 2.84. The van der Waals surface area contributed by atoms with Crippen LogP contribution in [0.1, 0.15) is 12.5 Å². The highest BCUT2D eigenvalue weighted by atomic mass is 79.9. The molecule has 0 aliphatic heterocycles. The van der Waals surface area contributed by atoms with E-state index in [1.165, 1.54) is 7.11 Å². The smallest absolute Gasteiger partial charge is 0.422 e. The molecule has 0 radical (unpaired) electrons. The molecule has 0 aromatic heterocycles. The maximum Gasteiger partial charge on any atom is 0.422 e. The molecule has 0 heterocycles. The summed E-state index contributed by atoms with van der Waals surface area (Å²) in [5.41, 5.74) is 0.893. The van der Waals surface area contributed by atoms with Crippen LogP contribution in [0.2, 0.25) is 0 Å². The zero-order valence-electron chi connectivity index (χ0n) is 10.6. The van der Waals surface area contributed by atoms with Crippen LogP contribution in [0, 0.1) is 0 Å². The molecule has 1 aromatic rings. The first-order chi connectivity index (χ1) is 8.87. The molecular formula is C12H15BrF3NO2. The molecular weight excluding hydrogens is 327 g/mol. The molecule has 0 fully saturated rings. The Bertz CT molecular complexity index is 424. The van der Waals surface area contributed by atoms with E-state index >= 15 is 0 Å². The second-order valence-electron chi connectivity index (χ2n) is 3.79. The molecule has 1 rings (SSSR count). The second kappa shape index (κ2) is 7.00. The molecule has 0 amide bonds. The number of hydrogen-bond donors (Lipinski definition) is 1. The Morgan fingerprint density at radius 2 is 2.00 bits per heavy atom. The van der Waals surface area contributed by atoms with Gasteiger partial charge < -0.3 is 14.8 Å². The number of halogens is 4. The summed E-state index contributed by atoms with van der Waals surface area (Å²) in [6, 6.07) is 3.36. The van der Waals surface area contributed by atoms with E-state index in [2.05, 4.69) is 21.2 Å². The van der Waals surface area contributed by atoms with E-state index in [0.717, 1.165) is 12.1 Å². The van der Waals surface area contributed by atoms with Gasteiger partial charge in [0.2, 0.25) is 0 Å². The molecule has 1 N–H and O–H groups in total. The summed E-state index contributed by atoms with van der Waals surface area (Å²) in [6.07, 6.45) is -4.38. The van der Waals surface area contributed by atoms with E-state index in [0.29, 0.717) is 11.0 Å². The van der Waals surface area contributed by atoms with E-state index in [9.17, 15) is 13.2 Å². The number of alkyl halides is 3. The lowest BCUT2D eigenvalue weighted by atomic mass is 10.2. The molecule has 0 atom stereocenters.